The second kappa shape index (κ2) is 5.58. The van der Waals surface area contributed by atoms with Gasteiger partial charge in [-0.2, -0.15) is 0 Å². The van der Waals surface area contributed by atoms with Crippen LogP contribution >= 0.6 is 11.6 Å². The largest absolute Gasteiger partial charge is 0.314 e. The fourth-order valence-electron chi connectivity index (χ4n) is 2.19. The Kier molecular flexibility index (Phi) is 4.29. The van der Waals surface area contributed by atoms with Crippen LogP contribution in [-0.4, -0.2) is 12.6 Å². The van der Waals surface area contributed by atoms with Crippen LogP contribution in [0.2, 0.25) is 5.02 Å². The summed E-state index contributed by atoms with van der Waals surface area (Å²) in [5.41, 5.74) is 1.32. The van der Waals surface area contributed by atoms with Gasteiger partial charge in [-0.3, -0.25) is 0 Å². The summed E-state index contributed by atoms with van der Waals surface area (Å²) >= 11 is 5.81. The van der Waals surface area contributed by atoms with Gasteiger partial charge in [0.2, 0.25) is 0 Å². The number of nitrogens with one attached hydrogen (secondary N) is 1. The maximum absolute atomic E-state index is 13.1. The summed E-state index contributed by atoms with van der Waals surface area (Å²) in [6.45, 7) is 5.56. The van der Waals surface area contributed by atoms with Gasteiger partial charge in [-0.15, -0.1) is 0 Å². The van der Waals surface area contributed by atoms with Gasteiger partial charge in [0.15, 0.2) is 0 Å². The molecule has 100 valence electrons. The lowest BCUT2D eigenvalue weighted by Gasteiger charge is -2.25. The van der Waals surface area contributed by atoms with Gasteiger partial charge in [-0.25, -0.2) is 4.39 Å². The highest BCUT2D eigenvalue weighted by molar-refractivity contribution is 6.30. The first-order valence-electron chi connectivity index (χ1n) is 6.64. The van der Waals surface area contributed by atoms with Crippen LogP contribution in [0.3, 0.4) is 0 Å². The topological polar surface area (TPSA) is 12.0 Å². The maximum Gasteiger partial charge on any atom is 0.141 e. The molecule has 2 rings (SSSR count). The molecule has 1 N–H and O–H groups in total. The molecule has 0 aliphatic heterocycles. The number of hydrogen-bond donors (Lipinski definition) is 1. The van der Waals surface area contributed by atoms with Gasteiger partial charge in [0.05, 0.1) is 5.02 Å². The van der Waals surface area contributed by atoms with Gasteiger partial charge < -0.3 is 5.32 Å². The Morgan fingerprint density at radius 3 is 2.72 bits per heavy atom. The highest BCUT2D eigenvalue weighted by atomic mass is 35.5. The first-order chi connectivity index (χ1) is 8.46. The summed E-state index contributed by atoms with van der Waals surface area (Å²) in [7, 11) is 0. The molecule has 3 heteroatoms. The van der Waals surface area contributed by atoms with Crippen molar-refractivity contribution in [3.8, 4) is 0 Å². The smallest absolute Gasteiger partial charge is 0.141 e. The quantitative estimate of drug-likeness (QED) is 0.817. The Hall–Kier alpha value is -0.600. The van der Waals surface area contributed by atoms with Gasteiger partial charge in [0.25, 0.3) is 0 Å². The molecule has 0 radical (unpaired) electrons. The van der Waals surface area contributed by atoms with Crippen LogP contribution in [0.25, 0.3) is 0 Å². The van der Waals surface area contributed by atoms with Crippen molar-refractivity contribution in [1.82, 2.24) is 5.32 Å². The van der Waals surface area contributed by atoms with E-state index in [2.05, 4.69) is 19.2 Å². The molecule has 0 saturated heterocycles. The molecule has 0 unspecified atom stereocenters. The van der Waals surface area contributed by atoms with Gasteiger partial charge in [-0.1, -0.05) is 31.5 Å². The Bertz CT molecular complexity index is 413. The zero-order valence-corrected chi connectivity index (χ0v) is 11.9. The molecule has 0 bridgehead atoms. The Labute approximate surface area is 114 Å². The SMILES string of the molecule is CC(C)(CCNC1CC1)Cc1ccc(F)c(Cl)c1. The van der Waals surface area contributed by atoms with Crippen molar-refractivity contribution in [2.24, 2.45) is 5.41 Å². The summed E-state index contributed by atoms with van der Waals surface area (Å²) < 4.78 is 13.1. The highest BCUT2D eigenvalue weighted by Gasteiger charge is 2.23. The molecular weight excluding hydrogens is 249 g/mol. The van der Waals surface area contributed by atoms with Crippen molar-refractivity contribution in [3.05, 3.63) is 34.6 Å². The third kappa shape index (κ3) is 4.25. The van der Waals surface area contributed by atoms with Crippen LogP contribution in [-0.2, 0) is 6.42 Å². The van der Waals surface area contributed by atoms with Crippen molar-refractivity contribution < 1.29 is 4.39 Å². The zero-order chi connectivity index (χ0) is 13.2. The first kappa shape index (κ1) is 13.8. The molecule has 1 aliphatic carbocycles. The van der Waals surface area contributed by atoms with E-state index in [9.17, 15) is 4.39 Å². The van der Waals surface area contributed by atoms with Crippen molar-refractivity contribution in [1.29, 1.82) is 0 Å². The Morgan fingerprint density at radius 1 is 1.39 bits per heavy atom. The number of rotatable bonds is 6. The van der Waals surface area contributed by atoms with Crippen LogP contribution < -0.4 is 5.32 Å². The molecule has 18 heavy (non-hydrogen) atoms. The molecule has 1 saturated carbocycles. The lowest BCUT2D eigenvalue weighted by Crippen LogP contribution is -2.25. The van der Waals surface area contributed by atoms with Crippen LogP contribution in [0, 0.1) is 11.2 Å². The van der Waals surface area contributed by atoms with Crippen LogP contribution in [0.5, 0.6) is 0 Å². The van der Waals surface area contributed by atoms with Crippen molar-refractivity contribution in [2.45, 2.75) is 45.6 Å². The molecule has 1 nitrogen and oxygen atoms in total. The molecule has 0 spiro atoms. The molecule has 1 fully saturated rings. The molecular formula is C15H21ClFN. The molecule has 1 aromatic rings. The van der Waals surface area contributed by atoms with E-state index < -0.39 is 0 Å². The average molecular weight is 270 g/mol. The standard InChI is InChI=1S/C15H21ClFN/c1-15(2,7-8-18-12-4-5-12)10-11-3-6-14(17)13(16)9-11/h3,6,9,12,18H,4-5,7-8,10H2,1-2H3. The highest BCUT2D eigenvalue weighted by Crippen LogP contribution is 2.28. The summed E-state index contributed by atoms with van der Waals surface area (Å²) in [6, 6.07) is 5.79. The Balaban J connectivity index is 1.86. The Morgan fingerprint density at radius 2 is 2.11 bits per heavy atom. The maximum atomic E-state index is 13.1. The molecule has 1 aromatic carbocycles. The monoisotopic (exact) mass is 269 g/mol. The normalized spacial score (nSPS) is 16.0. The second-order valence-electron chi connectivity index (χ2n) is 6.07. The average Bonchev–Trinajstić information content (AvgIpc) is 3.07. The van der Waals surface area contributed by atoms with E-state index in [-0.39, 0.29) is 16.3 Å². The molecule has 0 amide bonds. The van der Waals surface area contributed by atoms with Crippen molar-refractivity contribution in [2.75, 3.05) is 6.54 Å². The third-order valence-corrected chi connectivity index (χ3v) is 3.77. The van der Waals surface area contributed by atoms with Crippen LogP contribution in [0.15, 0.2) is 18.2 Å². The van der Waals surface area contributed by atoms with Gasteiger partial charge in [0, 0.05) is 6.04 Å². The van der Waals surface area contributed by atoms with Crippen molar-refractivity contribution in [3.63, 3.8) is 0 Å². The van der Waals surface area contributed by atoms with Crippen LogP contribution in [0.4, 0.5) is 4.39 Å². The summed E-state index contributed by atoms with van der Waals surface area (Å²) in [4.78, 5) is 0. The minimum atomic E-state index is -0.339. The predicted octanol–water partition coefficient (Wildman–Crippen LogP) is 4.19. The van der Waals surface area contributed by atoms with Gasteiger partial charge >= 0.3 is 0 Å². The van der Waals surface area contributed by atoms with Gasteiger partial charge in [-0.05, 0) is 55.3 Å². The lowest BCUT2D eigenvalue weighted by atomic mass is 9.82. The van der Waals surface area contributed by atoms with Crippen LogP contribution in [0.1, 0.15) is 38.7 Å². The molecule has 0 atom stereocenters. The number of benzene rings is 1. The number of halogens is 2. The molecule has 1 aliphatic rings. The van der Waals surface area contributed by atoms with E-state index >= 15 is 0 Å². The second-order valence-corrected chi connectivity index (χ2v) is 6.48. The minimum Gasteiger partial charge on any atom is -0.314 e. The van der Waals surface area contributed by atoms with E-state index in [0.717, 1.165) is 31.0 Å². The van der Waals surface area contributed by atoms with E-state index in [1.165, 1.54) is 18.9 Å². The molecule has 0 heterocycles. The predicted molar refractivity (Wildman–Crippen MR) is 74.5 cm³/mol. The van der Waals surface area contributed by atoms with E-state index in [4.69, 9.17) is 11.6 Å². The fourth-order valence-corrected chi connectivity index (χ4v) is 2.40. The summed E-state index contributed by atoms with van der Waals surface area (Å²) in [5.74, 6) is -0.339. The number of hydrogen-bond acceptors (Lipinski definition) is 1. The zero-order valence-electron chi connectivity index (χ0n) is 11.1. The molecule has 0 aromatic heterocycles. The van der Waals surface area contributed by atoms with E-state index in [1.807, 2.05) is 6.07 Å². The summed E-state index contributed by atoms with van der Waals surface area (Å²) in [5, 5.41) is 3.75. The lowest BCUT2D eigenvalue weighted by molar-refractivity contribution is 0.325. The van der Waals surface area contributed by atoms with E-state index in [0.29, 0.717) is 0 Å². The van der Waals surface area contributed by atoms with E-state index in [1.54, 1.807) is 6.07 Å². The van der Waals surface area contributed by atoms with Gasteiger partial charge in [0.1, 0.15) is 5.82 Å². The third-order valence-electron chi connectivity index (χ3n) is 3.48. The van der Waals surface area contributed by atoms with Crippen molar-refractivity contribution >= 4 is 11.6 Å². The summed E-state index contributed by atoms with van der Waals surface area (Å²) in [6.07, 6.45) is 4.71. The fraction of sp³-hybridized carbons (Fsp3) is 0.600. The minimum absolute atomic E-state index is 0.211. The first-order valence-corrected chi connectivity index (χ1v) is 7.01.